The highest BCUT2D eigenvalue weighted by atomic mass is 16.5. The monoisotopic (exact) mass is 359 g/mol. The fraction of sp³-hybridized carbons (Fsp3) is 0.632. The number of ether oxygens (including phenoxy) is 1. The topological polar surface area (TPSA) is 70.1 Å². The third kappa shape index (κ3) is 5.09. The summed E-state index contributed by atoms with van der Waals surface area (Å²) in [6.45, 7) is 1.79. The molecule has 7 nitrogen and oxygen atoms in total. The average molecular weight is 359 g/mol. The Morgan fingerprint density at radius 3 is 2.85 bits per heavy atom. The van der Waals surface area contributed by atoms with Crippen molar-refractivity contribution in [1.29, 1.82) is 0 Å². The number of pyridine rings is 1. The van der Waals surface area contributed by atoms with E-state index >= 15 is 0 Å². The molecule has 2 aliphatic rings. The zero-order chi connectivity index (χ0) is 18.4. The smallest absolute Gasteiger partial charge is 0.243 e. The lowest BCUT2D eigenvalue weighted by atomic mass is 10.2. The maximum Gasteiger partial charge on any atom is 0.243 e. The number of guanidine groups is 1. The van der Waals surface area contributed by atoms with Crippen molar-refractivity contribution in [2.45, 2.75) is 44.2 Å². The van der Waals surface area contributed by atoms with E-state index in [4.69, 9.17) is 4.74 Å². The van der Waals surface area contributed by atoms with Crippen molar-refractivity contribution in [2.24, 2.45) is 4.99 Å². The van der Waals surface area contributed by atoms with Crippen molar-refractivity contribution in [3.63, 3.8) is 0 Å². The van der Waals surface area contributed by atoms with Crippen molar-refractivity contribution in [3.8, 4) is 5.88 Å². The first-order valence-electron chi connectivity index (χ1n) is 9.45. The SMILES string of the molecule is CN(C)C(=O)CN=C(NC1CCCC1)N1CCC(Oc2ccccn2)C1. The van der Waals surface area contributed by atoms with E-state index in [2.05, 4.69) is 20.2 Å². The van der Waals surface area contributed by atoms with Crippen LogP contribution >= 0.6 is 0 Å². The molecule has 2 heterocycles. The summed E-state index contributed by atoms with van der Waals surface area (Å²) in [5.74, 6) is 1.50. The molecule has 3 rings (SSSR count). The number of carbonyl (C=O) groups excluding carboxylic acids is 1. The van der Waals surface area contributed by atoms with Gasteiger partial charge in [-0.1, -0.05) is 18.9 Å². The molecule has 1 aromatic rings. The van der Waals surface area contributed by atoms with Gasteiger partial charge in [-0.15, -0.1) is 0 Å². The average Bonchev–Trinajstić information content (AvgIpc) is 3.31. The van der Waals surface area contributed by atoms with Gasteiger partial charge in [0.25, 0.3) is 0 Å². The van der Waals surface area contributed by atoms with E-state index in [1.807, 2.05) is 18.2 Å². The maximum absolute atomic E-state index is 11.9. The van der Waals surface area contributed by atoms with Gasteiger partial charge in [-0.2, -0.15) is 0 Å². The maximum atomic E-state index is 11.9. The van der Waals surface area contributed by atoms with Gasteiger partial charge in [0.2, 0.25) is 11.8 Å². The highest BCUT2D eigenvalue weighted by Crippen LogP contribution is 2.20. The molecule has 1 N–H and O–H groups in total. The minimum atomic E-state index is 0.0104. The number of amides is 1. The van der Waals surface area contributed by atoms with E-state index < -0.39 is 0 Å². The second-order valence-corrected chi connectivity index (χ2v) is 7.20. The number of likely N-dealkylation sites (tertiary alicyclic amines) is 1. The molecule has 1 aromatic heterocycles. The van der Waals surface area contributed by atoms with Gasteiger partial charge in [0.1, 0.15) is 12.6 Å². The molecule has 1 amide bonds. The Bertz CT molecular complexity index is 614. The lowest BCUT2D eigenvalue weighted by Gasteiger charge is -2.25. The number of carbonyl (C=O) groups is 1. The standard InChI is InChI=1S/C19H29N5O2/c1-23(2)18(25)13-21-19(22-15-7-3-4-8-15)24-12-10-16(14-24)26-17-9-5-6-11-20-17/h5-6,9,11,15-16H,3-4,7-8,10,12-14H2,1-2H3,(H,21,22). The normalized spacial score (nSPS) is 21.1. The van der Waals surface area contributed by atoms with Crippen LogP contribution < -0.4 is 10.1 Å². The van der Waals surface area contributed by atoms with Gasteiger partial charge < -0.3 is 19.9 Å². The Labute approximate surface area is 155 Å². The number of aliphatic imine (C=N–C) groups is 1. The number of nitrogens with zero attached hydrogens (tertiary/aromatic N) is 4. The van der Waals surface area contributed by atoms with Gasteiger partial charge in [-0.05, 0) is 18.9 Å². The molecule has 0 radical (unpaired) electrons. The minimum absolute atomic E-state index is 0.0104. The van der Waals surface area contributed by atoms with Gasteiger partial charge in [-0.25, -0.2) is 9.98 Å². The second-order valence-electron chi connectivity index (χ2n) is 7.20. The van der Waals surface area contributed by atoms with Crippen LogP contribution in [-0.4, -0.2) is 72.5 Å². The number of likely N-dealkylation sites (N-methyl/N-ethyl adjacent to an activating group) is 1. The largest absolute Gasteiger partial charge is 0.472 e. The van der Waals surface area contributed by atoms with E-state index in [0.29, 0.717) is 11.9 Å². The van der Waals surface area contributed by atoms with Crippen LogP contribution in [0.15, 0.2) is 29.4 Å². The number of hydrogen-bond donors (Lipinski definition) is 1. The summed E-state index contributed by atoms with van der Waals surface area (Å²) in [7, 11) is 3.52. The lowest BCUT2D eigenvalue weighted by molar-refractivity contribution is -0.127. The molecule has 26 heavy (non-hydrogen) atoms. The molecule has 2 fully saturated rings. The molecule has 0 aromatic carbocycles. The molecule has 142 valence electrons. The summed E-state index contributed by atoms with van der Waals surface area (Å²) >= 11 is 0. The Hall–Kier alpha value is -2.31. The number of nitrogens with one attached hydrogen (secondary N) is 1. The van der Waals surface area contributed by atoms with Crippen molar-refractivity contribution in [3.05, 3.63) is 24.4 Å². The van der Waals surface area contributed by atoms with Gasteiger partial charge in [-0.3, -0.25) is 4.79 Å². The molecule has 1 aliphatic carbocycles. The molecule has 0 spiro atoms. The summed E-state index contributed by atoms with van der Waals surface area (Å²) in [4.78, 5) is 24.6. The number of hydrogen-bond acceptors (Lipinski definition) is 4. The van der Waals surface area contributed by atoms with Crippen LogP contribution in [0.5, 0.6) is 5.88 Å². The Morgan fingerprint density at radius 1 is 1.35 bits per heavy atom. The number of aromatic nitrogens is 1. The highest BCUT2D eigenvalue weighted by Gasteiger charge is 2.28. The Balaban J connectivity index is 1.62. The summed E-state index contributed by atoms with van der Waals surface area (Å²) < 4.78 is 5.98. The first-order valence-corrected chi connectivity index (χ1v) is 9.45. The Morgan fingerprint density at radius 2 is 2.15 bits per heavy atom. The van der Waals surface area contributed by atoms with Crippen LogP contribution in [0.25, 0.3) is 0 Å². The molecule has 1 saturated heterocycles. The Kier molecular flexibility index (Phi) is 6.30. The molecule has 1 atom stereocenters. The van der Waals surface area contributed by atoms with Crippen molar-refractivity contribution in [1.82, 2.24) is 20.1 Å². The van der Waals surface area contributed by atoms with Gasteiger partial charge in [0.05, 0.1) is 6.54 Å². The summed E-state index contributed by atoms with van der Waals surface area (Å²) in [5, 5.41) is 3.57. The third-order valence-corrected chi connectivity index (χ3v) is 4.92. The fourth-order valence-corrected chi connectivity index (χ4v) is 3.38. The quantitative estimate of drug-likeness (QED) is 0.637. The van der Waals surface area contributed by atoms with Crippen LogP contribution in [0, 0.1) is 0 Å². The first-order chi connectivity index (χ1) is 12.6. The molecule has 7 heteroatoms. The lowest BCUT2D eigenvalue weighted by Crippen LogP contribution is -2.45. The molecule has 1 unspecified atom stereocenters. The van der Waals surface area contributed by atoms with Gasteiger partial charge >= 0.3 is 0 Å². The number of rotatable bonds is 5. The molecule has 1 aliphatic heterocycles. The molecule has 1 saturated carbocycles. The van der Waals surface area contributed by atoms with Crippen LogP contribution in [-0.2, 0) is 4.79 Å². The zero-order valence-corrected chi connectivity index (χ0v) is 15.7. The van der Waals surface area contributed by atoms with Crippen LogP contribution in [0.2, 0.25) is 0 Å². The van der Waals surface area contributed by atoms with Crippen LogP contribution in [0.3, 0.4) is 0 Å². The highest BCUT2D eigenvalue weighted by molar-refractivity contribution is 5.85. The van der Waals surface area contributed by atoms with E-state index in [1.54, 1.807) is 25.2 Å². The fourth-order valence-electron chi connectivity index (χ4n) is 3.38. The minimum Gasteiger partial charge on any atom is -0.472 e. The van der Waals surface area contributed by atoms with Crippen molar-refractivity contribution in [2.75, 3.05) is 33.7 Å². The predicted molar refractivity (Wildman–Crippen MR) is 101 cm³/mol. The summed E-state index contributed by atoms with van der Waals surface area (Å²) in [6, 6.07) is 6.14. The van der Waals surface area contributed by atoms with Crippen LogP contribution in [0.1, 0.15) is 32.1 Å². The molecule has 0 bridgehead atoms. The molecular weight excluding hydrogens is 330 g/mol. The first kappa shape index (κ1) is 18.5. The van der Waals surface area contributed by atoms with Crippen LogP contribution in [0.4, 0.5) is 0 Å². The summed E-state index contributed by atoms with van der Waals surface area (Å²) in [6.07, 6.45) is 7.60. The third-order valence-electron chi connectivity index (χ3n) is 4.92. The van der Waals surface area contributed by atoms with E-state index in [0.717, 1.165) is 25.5 Å². The predicted octanol–water partition coefficient (Wildman–Crippen LogP) is 1.51. The summed E-state index contributed by atoms with van der Waals surface area (Å²) in [5.41, 5.74) is 0. The van der Waals surface area contributed by atoms with Gasteiger partial charge in [0.15, 0.2) is 5.96 Å². The zero-order valence-electron chi connectivity index (χ0n) is 15.7. The van der Waals surface area contributed by atoms with Crippen molar-refractivity contribution < 1.29 is 9.53 Å². The van der Waals surface area contributed by atoms with Gasteiger partial charge in [0, 0.05) is 45.4 Å². The van der Waals surface area contributed by atoms with E-state index in [9.17, 15) is 4.79 Å². The van der Waals surface area contributed by atoms with Crippen molar-refractivity contribution >= 4 is 11.9 Å². The molecular formula is C19H29N5O2. The van der Waals surface area contributed by atoms with E-state index in [-0.39, 0.29) is 18.6 Å². The second kappa shape index (κ2) is 8.87. The van der Waals surface area contributed by atoms with E-state index in [1.165, 1.54) is 25.7 Å².